The molecule has 1 atom stereocenters. The largest absolute Gasteiger partial charge is 0.504 e. The number of benzene rings is 1. The molecular weight excluding hydrogens is 246 g/mol. The van der Waals surface area contributed by atoms with Crippen molar-refractivity contribution in [1.29, 1.82) is 0 Å². The molecule has 0 spiro atoms. The fraction of sp³-hybridized carbons (Fsp3) is 0.400. The van der Waals surface area contributed by atoms with Crippen LogP contribution >= 0.6 is 15.9 Å². The van der Waals surface area contributed by atoms with Gasteiger partial charge in [0.15, 0.2) is 11.5 Å². The molecule has 1 heterocycles. The van der Waals surface area contributed by atoms with E-state index in [-0.39, 0.29) is 11.5 Å². The maximum Gasteiger partial charge on any atom is 0.171 e. The molecule has 3 nitrogen and oxygen atoms in total. The van der Waals surface area contributed by atoms with E-state index in [1.165, 1.54) is 0 Å². The predicted octanol–water partition coefficient (Wildman–Crippen LogP) is 1.94. The summed E-state index contributed by atoms with van der Waals surface area (Å²) in [5, 5.41) is 22.1. The van der Waals surface area contributed by atoms with Crippen molar-refractivity contribution < 1.29 is 10.2 Å². The summed E-state index contributed by atoms with van der Waals surface area (Å²) in [7, 11) is 0. The molecule has 0 aliphatic carbocycles. The summed E-state index contributed by atoms with van der Waals surface area (Å²) in [5.74, 6) is 0.304. The van der Waals surface area contributed by atoms with E-state index in [0.29, 0.717) is 10.4 Å². The summed E-state index contributed by atoms with van der Waals surface area (Å²) in [4.78, 5) is 0. The third-order valence-electron chi connectivity index (χ3n) is 2.60. The average Bonchev–Trinajstić information content (AvgIpc) is 2.66. The van der Waals surface area contributed by atoms with E-state index in [2.05, 4.69) is 21.2 Å². The van der Waals surface area contributed by atoms with Gasteiger partial charge in [0, 0.05) is 6.54 Å². The molecule has 1 unspecified atom stereocenters. The van der Waals surface area contributed by atoms with Gasteiger partial charge in [-0.2, -0.15) is 0 Å². The second-order valence-electron chi connectivity index (χ2n) is 3.56. The molecule has 0 saturated carbocycles. The van der Waals surface area contributed by atoms with Gasteiger partial charge in [0.1, 0.15) is 0 Å². The molecule has 1 aromatic carbocycles. The highest BCUT2D eigenvalue weighted by Gasteiger charge is 2.18. The molecule has 4 heteroatoms. The van der Waals surface area contributed by atoms with Crippen LogP contribution in [-0.2, 0) is 0 Å². The number of hydrogen-bond donors (Lipinski definition) is 3. The van der Waals surface area contributed by atoms with Gasteiger partial charge in [-0.05, 0) is 52.5 Å². The van der Waals surface area contributed by atoms with Crippen LogP contribution in [-0.4, -0.2) is 23.3 Å². The zero-order valence-electron chi connectivity index (χ0n) is 7.63. The predicted molar refractivity (Wildman–Crippen MR) is 57.7 cm³/mol. The van der Waals surface area contributed by atoms with E-state index in [4.69, 9.17) is 0 Å². The van der Waals surface area contributed by atoms with Gasteiger partial charge in [0.2, 0.25) is 0 Å². The minimum absolute atomic E-state index is 0.0544. The quantitative estimate of drug-likeness (QED) is 0.675. The Balaban J connectivity index is 2.34. The SMILES string of the molecule is Oc1cc(C2CCNC2)cc(Br)c1O. The van der Waals surface area contributed by atoms with Crippen LogP contribution in [0.2, 0.25) is 0 Å². The molecule has 0 amide bonds. The van der Waals surface area contributed by atoms with Crippen LogP contribution in [0.3, 0.4) is 0 Å². The molecular formula is C10H12BrNO2. The van der Waals surface area contributed by atoms with Gasteiger partial charge in [-0.3, -0.25) is 0 Å². The van der Waals surface area contributed by atoms with Crippen LogP contribution in [0.4, 0.5) is 0 Å². The van der Waals surface area contributed by atoms with Gasteiger partial charge in [-0.1, -0.05) is 0 Å². The Kier molecular flexibility index (Phi) is 2.65. The summed E-state index contributed by atoms with van der Waals surface area (Å²) < 4.78 is 0.555. The third-order valence-corrected chi connectivity index (χ3v) is 3.20. The molecule has 1 fully saturated rings. The summed E-state index contributed by atoms with van der Waals surface area (Å²) >= 11 is 3.21. The highest BCUT2D eigenvalue weighted by atomic mass is 79.9. The Bertz CT molecular complexity index is 325. The molecule has 3 N–H and O–H groups in total. The van der Waals surface area contributed by atoms with Crippen molar-refractivity contribution in [3.63, 3.8) is 0 Å². The van der Waals surface area contributed by atoms with Gasteiger partial charge in [0.05, 0.1) is 4.47 Å². The number of halogens is 1. The van der Waals surface area contributed by atoms with Crippen LogP contribution in [0.1, 0.15) is 17.9 Å². The first-order valence-corrected chi connectivity index (χ1v) is 5.40. The van der Waals surface area contributed by atoms with Crippen molar-refractivity contribution in [3.8, 4) is 11.5 Å². The summed E-state index contributed by atoms with van der Waals surface area (Å²) in [6.07, 6.45) is 1.08. The van der Waals surface area contributed by atoms with Gasteiger partial charge in [-0.25, -0.2) is 0 Å². The normalized spacial score (nSPS) is 21.4. The van der Waals surface area contributed by atoms with Crippen molar-refractivity contribution in [2.24, 2.45) is 0 Å². The topological polar surface area (TPSA) is 52.5 Å². The number of aromatic hydroxyl groups is 2. The van der Waals surface area contributed by atoms with Gasteiger partial charge < -0.3 is 15.5 Å². The molecule has 2 rings (SSSR count). The molecule has 0 bridgehead atoms. The van der Waals surface area contributed by atoms with Crippen LogP contribution in [0.5, 0.6) is 11.5 Å². The Morgan fingerprint density at radius 3 is 2.71 bits per heavy atom. The number of phenolic OH excluding ortho intramolecular Hbond substituents is 2. The minimum Gasteiger partial charge on any atom is -0.504 e. The number of hydrogen-bond acceptors (Lipinski definition) is 3. The first-order chi connectivity index (χ1) is 6.68. The second-order valence-corrected chi connectivity index (χ2v) is 4.41. The second kappa shape index (κ2) is 3.79. The average molecular weight is 258 g/mol. The lowest BCUT2D eigenvalue weighted by Gasteiger charge is -2.10. The summed E-state index contributed by atoms with van der Waals surface area (Å²) in [5.41, 5.74) is 1.07. The Morgan fingerprint density at radius 1 is 1.36 bits per heavy atom. The molecule has 0 aromatic heterocycles. The number of phenols is 2. The van der Waals surface area contributed by atoms with Crippen LogP contribution in [0.25, 0.3) is 0 Å². The monoisotopic (exact) mass is 257 g/mol. The van der Waals surface area contributed by atoms with Crippen LogP contribution in [0.15, 0.2) is 16.6 Å². The van der Waals surface area contributed by atoms with E-state index >= 15 is 0 Å². The first-order valence-electron chi connectivity index (χ1n) is 4.60. The standard InChI is InChI=1S/C10H12BrNO2/c11-8-3-7(4-9(13)10(8)14)6-1-2-12-5-6/h3-4,6,12-14H,1-2,5H2. The fourth-order valence-electron chi connectivity index (χ4n) is 1.78. The molecule has 1 aliphatic rings. The number of nitrogens with one attached hydrogen (secondary N) is 1. The van der Waals surface area contributed by atoms with Gasteiger partial charge in [-0.15, -0.1) is 0 Å². The number of rotatable bonds is 1. The lowest BCUT2D eigenvalue weighted by molar-refractivity contribution is 0.400. The zero-order chi connectivity index (χ0) is 10.1. The van der Waals surface area contributed by atoms with Crippen molar-refractivity contribution in [2.45, 2.75) is 12.3 Å². The summed E-state index contributed by atoms with van der Waals surface area (Å²) in [6, 6.07) is 3.50. The lowest BCUT2D eigenvalue weighted by atomic mass is 9.98. The molecule has 76 valence electrons. The van der Waals surface area contributed by atoms with Crippen LogP contribution < -0.4 is 5.32 Å². The first kappa shape index (κ1) is 9.80. The molecule has 1 saturated heterocycles. The van der Waals surface area contributed by atoms with Crippen molar-refractivity contribution >= 4 is 15.9 Å². The maximum absolute atomic E-state index is 9.44. The van der Waals surface area contributed by atoms with E-state index in [1.807, 2.05) is 6.07 Å². The highest BCUT2D eigenvalue weighted by Crippen LogP contribution is 2.37. The molecule has 0 radical (unpaired) electrons. The molecule has 1 aliphatic heterocycles. The summed E-state index contributed by atoms with van der Waals surface area (Å²) in [6.45, 7) is 1.96. The van der Waals surface area contributed by atoms with Crippen molar-refractivity contribution in [2.75, 3.05) is 13.1 Å². The van der Waals surface area contributed by atoms with E-state index in [1.54, 1.807) is 6.07 Å². The Morgan fingerprint density at radius 2 is 2.14 bits per heavy atom. The maximum atomic E-state index is 9.44. The van der Waals surface area contributed by atoms with E-state index < -0.39 is 0 Å². The Labute approximate surface area is 90.9 Å². The van der Waals surface area contributed by atoms with Crippen LogP contribution in [0, 0.1) is 0 Å². The lowest BCUT2D eigenvalue weighted by Crippen LogP contribution is -2.07. The van der Waals surface area contributed by atoms with Gasteiger partial charge >= 0.3 is 0 Å². The fourth-order valence-corrected chi connectivity index (χ4v) is 2.25. The molecule has 14 heavy (non-hydrogen) atoms. The third kappa shape index (κ3) is 1.72. The van der Waals surface area contributed by atoms with Crippen molar-refractivity contribution in [1.82, 2.24) is 5.32 Å². The Hall–Kier alpha value is -0.740. The molecule has 1 aromatic rings. The minimum atomic E-state index is -0.0836. The van der Waals surface area contributed by atoms with E-state index in [0.717, 1.165) is 25.1 Å². The smallest absolute Gasteiger partial charge is 0.171 e. The van der Waals surface area contributed by atoms with Crippen molar-refractivity contribution in [3.05, 3.63) is 22.2 Å². The zero-order valence-corrected chi connectivity index (χ0v) is 9.21. The highest BCUT2D eigenvalue weighted by molar-refractivity contribution is 9.10. The van der Waals surface area contributed by atoms with E-state index in [9.17, 15) is 10.2 Å². The van der Waals surface area contributed by atoms with Gasteiger partial charge in [0.25, 0.3) is 0 Å².